The number of likely N-dealkylation sites (N-methyl/N-ethyl adjacent to an activating group) is 1. The predicted molar refractivity (Wildman–Crippen MR) is 142 cm³/mol. The number of sulfonamides is 1. The Hall–Kier alpha value is -3.65. The molecule has 8 heteroatoms. The van der Waals surface area contributed by atoms with Crippen molar-refractivity contribution in [3.63, 3.8) is 0 Å². The molecule has 0 aliphatic heterocycles. The molecule has 36 heavy (non-hydrogen) atoms. The van der Waals surface area contributed by atoms with Gasteiger partial charge in [-0.3, -0.25) is 13.9 Å². The van der Waals surface area contributed by atoms with Crippen LogP contribution in [0, 0.1) is 0 Å². The zero-order valence-electron chi connectivity index (χ0n) is 21.1. The van der Waals surface area contributed by atoms with Crippen molar-refractivity contribution in [2.75, 3.05) is 17.9 Å². The van der Waals surface area contributed by atoms with Crippen LogP contribution in [-0.2, 0) is 26.2 Å². The van der Waals surface area contributed by atoms with E-state index in [0.29, 0.717) is 5.69 Å². The van der Waals surface area contributed by atoms with Crippen molar-refractivity contribution in [1.29, 1.82) is 0 Å². The molecule has 1 atom stereocenters. The third-order valence-electron chi connectivity index (χ3n) is 6.07. The predicted octanol–water partition coefficient (Wildman–Crippen LogP) is 4.17. The quantitative estimate of drug-likeness (QED) is 0.446. The Labute approximate surface area is 213 Å². The van der Waals surface area contributed by atoms with Crippen molar-refractivity contribution in [1.82, 2.24) is 10.2 Å². The van der Waals surface area contributed by atoms with E-state index < -0.39 is 28.5 Å². The average Bonchev–Trinajstić information content (AvgIpc) is 2.90. The van der Waals surface area contributed by atoms with Gasteiger partial charge in [-0.1, -0.05) is 74.5 Å². The highest BCUT2D eigenvalue weighted by atomic mass is 32.2. The van der Waals surface area contributed by atoms with Crippen molar-refractivity contribution in [3.05, 3.63) is 96.1 Å². The van der Waals surface area contributed by atoms with Crippen molar-refractivity contribution in [3.8, 4) is 0 Å². The first kappa shape index (κ1) is 26.9. The largest absolute Gasteiger partial charge is 0.357 e. The van der Waals surface area contributed by atoms with Crippen LogP contribution in [-0.4, -0.2) is 44.8 Å². The maximum atomic E-state index is 13.7. The van der Waals surface area contributed by atoms with Gasteiger partial charge in [0, 0.05) is 13.6 Å². The summed E-state index contributed by atoms with van der Waals surface area (Å²) in [6, 6.07) is 23.7. The monoisotopic (exact) mass is 507 g/mol. The summed E-state index contributed by atoms with van der Waals surface area (Å²) in [5.41, 5.74) is 2.27. The summed E-state index contributed by atoms with van der Waals surface area (Å²) in [6.07, 6.45) is 0. The molecular formula is C28H33N3O4S. The van der Waals surface area contributed by atoms with Crippen molar-refractivity contribution in [2.24, 2.45) is 0 Å². The van der Waals surface area contributed by atoms with Crippen LogP contribution in [0.25, 0.3) is 0 Å². The van der Waals surface area contributed by atoms with E-state index in [2.05, 4.69) is 19.2 Å². The molecule has 3 rings (SSSR count). The number of carbonyl (C=O) groups is 2. The fourth-order valence-electron chi connectivity index (χ4n) is 3.85. The minimum atomic E-state index is -4.05. The van der Waals surface area contributed by atoms with Crippen LogP contribution in [0.2, 0.25) is 0 Å². The Morgan fingerprint density at radius 1 is 0.833 bits per heavy atom. The molecule has 0 spiro atoms. The lowest BCUT2D eigenvalue weighted by molar-refractivity contribution is -0.139. The minimum Gasteiger partial charge on any atom is -0.357 e. The van der Waals surface area contributed by atoms with E-state index in [-0.39, 0.29) is 23.3 Å². The second-order valence-corrected chi connectivity index (χ2v) is 10.7. The molecule has 0 unspecified atom stereocenters. The molecule has 0 aliphatic rings. The normalized spacial score (nSPS) is 12.1. The van der Waals surface area contributed by atoms with E-state index in [1.54, 1.807) is 37.3 Å². The van der Waals surface area contributed by atoms with Gasteiger partial charge in [-0.2, -0.15) is 0 Å². The van der Waals surface area contributed by atoms with Crippen LogP contribution in [0.5, 0.6) is 0 Å². The fraction of sp³-hybridized carbons (Fsp3) is 0.286. The van der Waals surface area contributed by atoms with Crippen LogP contribution in [0.15, 0.2) is 89.8 Å². The zero-order valence-corrected chi connectivity index (χ0v) is 21.9. The first-order valence-electron chi connectivity index (χ1n) is 11.9. The van der Waals surface area contributed by atoms with Crippen LogP contribution in [0.4, 0.5) is 5.69 Å². The van der Waals surface area contributed by atoms with E-state index in [1.807, 2.05) is 42.5 Å². The topological polar surface area (TPSA) is 86.8 Å². The van der Waals surface area contributed by atoms with E-state index in [1.165, 1.54) is 24.1 Å². The summed E-state index contributed by atoms with van der Waals surface area (Å²) >= 11 is 0. The van der Waals surface area contributed by atoms with Gasteiger partial charge in [-0.05, 0) is 48.2 Å². The molecular weight excluding hydrogens is 474 g/mol. The Morgan fingerprint density at radius 2 is 1.39 bits per heavy atom. The summed E-state index contributed by atoms with van der Waals surface area (Å²) in [4.78, 5) is 27.7. The molecule has 0 radical (unpaired) electrons. The van der Waals surface area contributed by atoms with Gasteiger partial charge >= 0.3 is 0 Å². The number of carbonyl (C=O) groups excluding carboxylic acids is 2. The molecule has 0 bridgehead atoms. The Kier molecular flexibility index (Phi) is 8.88. The van der Waals surface area contributed by atoms with Crippen molar-refractivity contribution >= 4 is 27.5 Å². The number of hydrogen-bond donors (Lipinski definition) is 1. The van der Waals surface area contributed by atoms with Gasteiger partial charge in [-0.25, -0.2) is 8.42 Å². The summed E-state index contributed by atoms with van der Waals surface area (Å²) in [5.74, 6) is -0.546. The minimum absolute atomic E-state index is 0.0831. The van der Waals surface area contributed by atoms with Crippen LogP contribution >= 0.6 is 0 Å². The van der Waals surface area contributed by atoms with E-state index in [0.717, 1.165) is 15.4 Å². The molecule has 3 aromatic rings. The first-order chi connectivity index (χ1) is 17.1. The van der Waals surface area contributed by atoms with Crippen LogP contribution in [0.3, 0.4) is 0 Å². The van der Waals surface area contributed by atoms with Gasteiger partial charge in [0.15, 0.2) is 0 Å². The molecule has 0 aromatic heterocycles. The Morgan fingerprint density at radius 3 is 1.92 bits per heavy atom. The van der Waals surface area contributed by atoms with Gasteiger partial charge in [0.25, 0.3) is 10.0 Å². The summed E-state index contributed by atoms with van der Waals surface area (Å²) < 4.78 is 28.5. The van der Waals surface area contributed by atoms with E-state index in [4.69, 9.17) is 0 Å². The first-order valence-corrected chi connectivity index (χ1v) is 13.3. The molecule has 2 amide bonds. The molecule has 1 N–H and O–H groups in total. The summed E-state index contributed by atoms with van der Waals surface area (Å²) in [6.45, 7) is 5.45. The van der Waals surface area contributed by atoms with E-state index in [9.17, 15) is 18.0 Å². The lowest BCUT2D eigenvalue weighted by Gasteiger charge is -2.31. The molecule has 0 fully saturated rings. The Balaban J connectivity index is 2.02. The summed E-state index contributed by atoms with van der Waals surface area (Å²) in [7, 11) is -2.55. The highest BCUT2D eigenvalue weighted by molar-refractivity contribution is 7.92. The second-order valence-electron chi connectivity index (χ2n) is 8.87. The number of anilines is 1. The van der Waals surface area contributed by atoms with Gasteiger partial charge in [0.1, 0.15) is 12.6 Å². The van der Waals surface area contributed by atoms with Crippen molar-refractivity contribution < 1.29 is 18.0 Å². The lowest BCUT2D eigenvalue weighted by Crippen LogP contribution is -2.50. The molecule has 0 saturated carbocycles. The highest BCUT2D eigenvalue weighted by Gasteiger charge is 2.32. The number of hydrogen-bond acceptors (Lipinski definition) is 4. The summed E-state index contributed by atoms with van der Waals surface area (Å²) in [5, 5.41) is 2.58. The molecule has 0 saturated heterocycles. The maximum Gasteiger partial charge on any atom is 0.264 e. The smallest absolute Gasteiger partial charge is 0.264 e. The number of amides is 2. The SMILES string of the molecule is CNC(=O)[C@H](C)N(Cc1ccccc1)C(=O)CN(c1ccc(C(C)C)cc1)S(=O)(=O)c1ccccc1. The van der Waals surface area contributed by atoms with Gasteiger partial charge in [0.05, 0.1) is 10.6 Å². The molecule has 7 nitrogen and oxygen atoms in total. The van der Waals surface area contributed by atoms with Gasteiger partial charge in [-0.15, -0.1) is 0 Å². The molecule has 190 valence electrons. The number of rotatable bonds is 10. The molecule has 0 aliphatic carbocycles. The second kappa shape index (κ2) is 11.9. The number of nitrogens with zero attached hydrogens (tertiary/aromatic N) is 2. The van der Waals surface area contributed by atoms with Gasteiger partial charge < -0.3 is 10.2 Å². The van der Waals surface area contributed by atoms with Gasteiger partial charge in [0.2, 0.25) is 11.8 Å². The van der Waals surface area contributed by atoms with Crippen LogP contribution < -0.4 is 9.62 Å². The molecule has 0 heterocycles. The highest BCUT2D eigenvalue weighted by Crippen LogP contribution is 2.26. The van der Waals surface area contributed by atoms with Crippen LogP contribution in [0.1, 0.15) is 37.8 Å². The number of benzene rings is 3. The lowest BCUT2D eigenvalue weighted by atomic mass is 10.0. The third kappa shape index (κ3) is 6.31. The standard InChI is InChI=1S/C28H33N3O4S/c1-21(2)24-15-17-25(18-16-24)31(36(34,35)26-13-9-6-10-14-26)20-27(32)30(22(3)28(33)29-4)19-23-11-7-5-8-12-23/h5-18,21-22H,19-20H2,1-4H3,(H,29,33)/t22-/m0/s1. The Bertz CT molecular complexity index is 1260. The van der Waals surface area contributed by atoms with Crippen molar-refractivity contribution in [2.45, 2.75) is 44.2 Å². The maximum absolute atomic E-state index is 13.7. The zero-order chi connectivity index (χ0) is 26.3. The third-order valence-corrected chi connectivity index (χ3v) is 7.86. The number of nitrogens with one attached hydrogen (secondary N) is 1. The molecule has 3 aromatic carbocycles. The fourth-order valence-corrected chi connectivity index (χ4v) is 5.28. The average molecular weight is 508 g/mol. The van der Waals surface area contributed by atoms with E-state index >= 15 is 0 Å².